The molecule has 6 heteroatoms. The molecule has 0 bridgehead atoms. The van der Waals surface area contributed by atoms with E-state index in [0.717, 1.165) is 24.2 Å². The van der Waals surface area contributed by atoms with Gasteiger partial charge in [0.2, 0.25) is 5.91 Å². The SMILES string of the molecule is CC(CS(C)(=O)=O)Nc1cccc(NC(=O)C2CC2)c1. The van der Waals surface area contributed by atoms with Gasteiger partial charge >= 0.3 is 0 Å². The summed E-state index contributed by atoms with van der Waals surface area (Å²) in [7, 11) is -3.01. The van der Waals surface area contributed by atoms with Gasteiger partial charge in [-0.3, -0.25) is 4.79 Å². The van der Waals surface area contributed by atoms with E-state index in [4.69, 9.17) is 0 Å². The highest BCUT2D eigenvalue weighted by molar-refractivity contribution is 7.90. The molecule has 1 amide bonds. The topological polar surface area (TPSA) is 75.3 Å². The molecule has 1 aliphatic carbocycles. The van der Waals surface area contributed by atoms with Crippen LogP contribution in [-0.4, -0.2) is 32.4 Å². The summed E-state index contributed by atoms with van der Waals surface area (Å²) in [5.74, 6) is 0.299. The number of carbonyl (C=O) groups excluding carboxylic acids is 1. The zero-order valence-corrected chi connectivity index (χ0v) is 12.5. The molecule has 110 valence electrons. The van der Waals surface area contributed by atoms with Crippen LogP contribution in [0, 0.1) is 5.92 Å². The molecule has 20 heavy (non-hydrogen) atoms. The first-order valence-electron chi connectivity index (χ1n) is 6.69. The molecular weight excluding hydrogens is 276 g/mol. The highest BCUT2D eigenvalue weighted by Crippen LogP contribution is 2.30. The van der Waals surface area contributed by atoms with E-state index in [9.17, 15) is 13.2 Å². The average molecular weight is 296 g/mol. The van der Waals surface area contributed by atoms with Crippen molar-refractivity contribution in [3.05, 3.63) is 24.3 Å². The summed E-state index contributed by atoms with van der Waals surface area (Å²) in [6, 6.07) is 7.15. The number of carbonyl (C=O) groups is 1. The maximum atomic E-state index is 11.7. The van der Waals surface area contributed by atoms with E-state index >= 15 is 0 Å². The van der Waals surface area contributed by atoms with E-state index in [2.05, 4.69) is 10.6 Å². The van der Waals surface area contributed by atoms with Crippen LogP contribution in [0.1, 0.15) is 19.8 Å². The molecule has 0 radical (unpaired) electrons. The summed E-state index contributed by atoms with van der Waals surface area (Å²) in [5, 5.41) is 6.00. The van der Waals surface area contributed by atoms with Crippen molar-refractivity contribution in [2.75, 3.05) is 22.6 Å². The molecular formula is C14H20N2O3S. The Labute approximate surface area is 119 Å². The van der Waals surface area contributed by atoms with Crippen LogP contribution in [0.5, 0.6) is 0 Å². The monoisotopic (exact) mass is 296 g/mol. The number of nitrogens with one attached hydrogen (secondary N) is 2. The molecule has 0 saturated heterocycles. The van der Waals surface area contributed by atoms with Crippen molar-refractivity contribution in [3.63, 3.8) is 0 Å². The van der Waals surface area contributed by atoms with Gasteiger partial charge in [-0.2, -0.15) is 0 Å². The second-order valence-electron chi connectivity index (χ2n) is 5.48. The number of amides is 1. The van der Waals surface area contributed by atoms with Crippen LogP contribution in [0.2, 0.25) is 0 Å². The minimum absolute atomic E-state index is 0.0614. The van der Waals surface area contributed by atoms with Crippen LogP contribution in [0.15, 0.2) is 24.3 Å². The Morgan fingerprint density at radius 3 is 2.60 bits per heavy atom. The van der Waals surface area contributed by atoms with Gasteiger partial charge in [-0.25, -0.2) is 8.42 Å². The predicted molar refractivity (Wildman–Crippen MR) is 80.6 cm³/mol. The highest BCUT2D eigenvalue weighted by Gasteiger charge is 2.29. The lowest BCUT2D eigenvalue weighted by Gasteiger charge is -2.15. The molecule has 2 rings (SSSR count). The molecule has 1 saturated carbocycles. The Hall–Kier alpha value is -1.56. The van der Waals surface area contributed by atoms with Crippen molar-refractivity contribution in [1.82, 2.24) is 0 Å². The van der Waals surface area contributed by atoms with Crippen LogP contribution in [0.4, 0.5) is 11.4 Å². The van der Waals surface area contributed by atoms with Crippen molar-refractivity contribution in [1.29, 1.82) is 0 Å². The summed E-state index contributed by atoms with van der Waals surface area (Å²) in [6.07, 6.45) is 3.15. The lowest BCUT2D eigenvalue weighted by Crippen LogP contribution is -2.25. The van der Waals surface area contributed by atoms with Crippen molar-refractivity contribution < 1.29 is 13.2 Å². The number of anilines is 2. The van der Waals surface area contributed by atoms with Crippen LogP contribution in [0.25, 0.3) is 0 Å². The summed E-state index contributed by atoms with van der Waals surface area (Å²) >= 11 is 0. The van der Waals surface area contributed by atoms with E-state index in [0.29, 0.717) is 0 Å². The van der Waals surface area contributed by atoms with Crippen LogP contribution in [-0.2, 0) is 14.6 Å². The third-order valence-electron chi connectivity index (χ3n) is 3.04. The first-order valence-corrected chi connectivity index (χ1v) is 8.75. The molecule has 1 unspecified atom stereocenters. The maximum Gasteiger partial charge on any atom is 0.227 e. The number of rotatable bonds is 6. The van der Waals surface area contributed by atoms with E-state index in [1.165, 1.54) is 6.26 Å². The van der Waals surface area contributed by atoms with Gasteiger partial charge in [-0.1, -0.05) is 6.07 Å². The Kier molecular flexibility index (Phi) is 4.32. The Bertz CT molecular complexity index is 594. The molecule has 0 aliphatic heterocycles. The molecule has 2 N–H and O–H groups in total. The fourth-order valence-corrected chi connectivity index (χ4v) is 3.05. The third kappa shape index (κ3) is 4.85. The van der Waals surface area contributed by atoms with Gasteiger partial charge in [0.25, 0.3) is 0 Å². The predicted octanol–water partition coefficient (Wildman–Crippen LogP) is 1.88. The summed E-state index contributed by atoms with van der Waals surface area (Å²) in [5.41, 5.74) is 1.54. The molecule has 5 nitrogen and oxygen atoms in total. The average Bonchev–Trinajstić information content (AvgIpc) is 3.09. The van der Waals surface area contributed by atoms with E-state index in [1.807, 2.05) is 31.2 Å². The van der Waals surface area contributed by atoms with E-state index in [1.54, 1.807) is 0 Å². The maximum absolute atomic E-state index is 11.7. The van der Waals surface area contributed by atoms with Crippen LogP contribution in [0.3, 0.4) is 0 Å². The van der Waals surface area contributed by atoms with Gasteiger partial charge in [-0.15, -0.1) is 0 Å². The largest absolute Gasteiger partial charge is 0.382 e. The quantitative estimate of drug-likeness (QED) is 0.840. The molecule has 1 aliphatic rings. The van der Waals surface area contributed by atoms with Crippen molar-refractivity contribution >= 4 is 27.1 Å². The van der Waals surface area contributed by atoms with E-state index < -0.39 is 9.84 Å². The molecule has 1 atom stereocenters. The second-order valence-corrected chi connectivity index (χ2v) is 7.67. The summed E-state index contributed by atoms with van der Waals surface area (Å²) in [6.45, 7) is 1.82. The number of hydrogen-bond donors (Lipinski definition) is 2. The Morgan fingerprint density at radius 1 is 1.35 bits per heavy atom. The van der Waals surface area contributed by atoms with Gasteiger partial charge in [0.15, 0.2) is 0 Å². The van der Waals surface area contributed by atoms with Gasteiger partial charge in [0, 0.05) is 29.6 Å². The first kappa shape index (κ1) is 14.8. The zero-order valence-electron chi connectivity index (χ0n) is 11.7. The molecule has 0 heterocycles. The van der Waals surface area contributed by atoms with Gasteiger partial charge in [0.05, 0.1) is 5.75 Å². The Morgan fingerprint density at radius 2 is 2.00 bits per heavy atom. The zero-order chi connectivity index (χ0) is 14.8. The lowest BCUT2D eigenvalue weighted by atomic mass is 10.2. The van der Waals surface area contributed by atoms with Gasteiger partial charge in [-0.05, 0) is 38.0 Å². The first-order chi connectivity index (χ1) is 9.33. The number of hydrogen-bond acceptors (Lipinski definition) is 4. The van der Waals surface area contributed by atoms with Gasteiger partial charge in [0.1, 0.15) is 9.84 Å². The molecule has 1 fully saturated rings. The van der Waals surface area contributed by atoms with Crippen LogP contribution >= 0.6 is 0 Å². The number of sulfone groups is 1. The van der Waals surface area contributed by atoms with Crippen molar-refractivity contribution in [2.45, 2.75) is 25.8 Å². The molecule has 1 aromatic carbocycles. The number of benzene rings is 1. The second kappa shape index (κ2) is 5.83. The normalized spacial score (nSPS) is 16.5. The highest BCUT2D eigenvalue weighted by atomic mass is 32.2. The standard InChI is InChI=1S/C14H20N2O3S/c1-10(9-20(2,18)19)15-12-4-3-5-13(8-12)16-14(17)11-6-7-11/h3-5,8,10-11,15H,6-7,9H2,1-2H3,(H,16,17). The van der Waals surface area contributed by atoms with E-state index in [-0.39, 0.29) is 23.6 Å². The van der Waals surface area contributed by atoms with Crippen molar-refractivity contribution in [3.8, 4) is 0 Å². The summed E-state index contributed by atoms with van der Waals surface area (Å²) < 4.78 is 22.5. The Balaban J connectivity index is 1.96. The smallest absolute Gasteiger partial charge is 0.227 e. The molecule has 1 aromatic rings. The third-order valence-corrected chi connectivity index (χ3v) is 4.15. The minimum atomic E-state index is -3.01. The van der Waals surface area contributed by atoms with Crippen molar-refractivity contribution in [2.24, 2.45) is 5.92 Å². The fraction of sp³-hybridized carbons (Fsp3) is 0.500. The minimum Gasteiger partial charge on any atom is -0.382 e. The molecule has 0 aromatic heterocycles. The fourth-order valence-electron chi connectivity index (χ4n) is 2.06. The molecule has 0 spiro atoms. The van der Waals surface area contributed by atoms with Crippen LogP contribution < -0.4 is 10.6 Å². The van der Waals surface area contributed by atoms with Gasteiger partial charge < -0.3 is 10.6 Å². The summed E-state index contributed by atoms with van der Waals surface area (Å²) in [4.78, 5) is 11.7. The lowest BCUT2D eigenvalue weighted by molar-refractivity contribution is -0.117.